The summed E-state index contributed by atoms with van der Waals surface area (Å²) in [7, 11) is 0. The molecule has 0 atom stereocenters. The van der Waals surface area contributed by atoms with Gasteiger partial charge < -0.3 is 15.0 Å². The van der Waals surface area contributed by atoms with Gasteiger partial charge in [-0.25, -0.2) is 0 Å². The zero-order valence-corrected chi connectivity index (χ0v) is 20.4. The number of halogens is 1. The molecule has 3 heterocycles. The minimum atomic E-state index is -1.05. The smallest absolute Gasteiger partial charge is 0.279 e. The molecule has 5 aromatic rings. The van der Waals surface area contributed by atoms with E-state index in [9.17, 15) is 14.4 Å². The fourth-order valence-electron chi connectivity index (χ4n) is 4.18. The zero-order chi connectivity index (χ0) is 25.9. The SMILES string of the molecule is NC(=O)c1cn2c(F)cn(Cc3cccs3)c(=O)c2c(OCc2ccccc2Cc2ccccc2)c1=O. The molecule has 0 saturated carbocycles. The second-order valence-corrected chi connectivity index (χ2v) is 9.50. The van der Waals surface area contributed by atoms with Crippen molar-refractivity contribution in [2.45, 2.75) is 19.6 Å². The van der Waals surface area contributed by atoms with Crippen molar-refractivity contribution in [3.8, 4) is 5.75 Å². The van der Waals surface area contributed by atoms with Crippen molar-refractivity contribution in [1.29, 1.82) is 0 Å². The summed E-state index contributed by atoms with van der Waals surface area (Å²) in [5.41, 5.74) is 5.96. The van der Waals surface area contributed by atoms with Crippen molar-refractivity contribution >= 4 is 22.8 Å². The van der Waals surface area contributed by atoms with Gasteiger partial charge in [0.25, 0.3) is 11.5 Å². The number of carbonyl (C=O) groups is 1. The van der Waals surface area contributed by atoms with Crippen LogP contribution in [0.5, 0.6) is 5.75 Å². The molecule has 9 heteroatoms. The van der Waals surface area contributed by atoms with Gasteiger partial charge >= 0.3 is 0 Å². The summed E-state index contributed by atoms with van der Waals surface area (Å²) >= 11 is 1.42. The van der Waals surface area contributed by atoms with Crippen molar-refractivity contribution in [3.05, 3.63) is 138 Å². The third kappa shape index (κ3) is 4.94. The number of carbonyl (C=O) groups excluding carboxylic acids is 1. The first-order valence-electron chi connectivity index (χ1n) is 11.5. The van der Waals surface area contributed by atoms with Gasteiger partial charge in [-0.2, -0.15) is 4.39 Å². The molecule has 0 bridgehead atoms. The third-order valence-corrected chi connectivity index (χ3v) is 6.88. The number of ether oxygens (including phenoxy) is 1. The van der Waals surface area contributed by atoms with Crippen LogP contribution in [0.4, 0.5) is 4.39 Å². The summed E-state index contributed by atoms with van der Waals surface area (Å²) in [6, 6.07) is 21.0. The van der Waals surface area contributed by atoms with E-state index in [0.717, 1.165) is 38.4 Å². The number of hydrogen-bond donors (Lipinski definition) is 1. The van der Waals surface area contributed by atoms with Crippen molar-refractivity contribution in [2.75, 3.05) is 0 Å². The van der Waals surface area contributed by atoms with Crippen molar-refractivity contribution < 1.29 is 13.9 Å². The number of nitrogens with zero attached hydrogens (tertiary/aromatic N) is 2. The second-order valence-electron chi connectivity index (χ2n) is 8.47. The van der Waals surface area contributed by atoms with Gasteiger partial charge in [-0.05, 0) is 34.6 Å². The Hall–Kier alpha value is -4.50. The molecule has 1 amide bonds. The van der Waals surface area contributed by atoms with Crippen LogP contribution in [0.15, 0.2) is 94.1 Å². The minimum absolute atomic E-state index is 0.0724. The molecule has 0 radical (unpaired) electrons. The summed E-state index contributed by atoms with van der Waals surface area (Å²) in [6.45, 7) is 0.0476. The monoisotopic (exact) mass is 515 g/mol. The van der Waals surface area contributed by atoms with E-state index in [-0.39, 0.29) is 18.7 Å². The van der Waals surface area contributed by atoms with E-state index in [0.29, 0.717) is 6.42 Å². The van der Waals surface area contributed by atoms with Gasteiger partial charge in [0.2, 0.25) is 11.4 Å². The lowest BCUT2D eigenvalue weighted by Crippen LogP contribution is -2.30. The molecule has 0 unspecified atom stereocenters. The van der Waals surface area contributed by atoms with E-state index in [1.165, 1.54) is 15.9 Å². The first-order chi connectivity index (χ1) is 17.9. The number of hydrogen-bond acceptors (Lipinski definition) is 5. The number of benzene rings is 2. The van der Waals surface area contributed by atoms with Crippen LogP contribution in [-0.4, -0.2) is 14.9 Å². The summed E-state index contributed by atoms with van der Waals surface area (Å²) in [5.74, 6) is -2.31. The van der Waals surface area contributed by atoms with Crippen LogP contribution >= 0.6 is 11.3 Å². The summed E-state index contributed by atoms with van der Waals surface area (Å²) in [5, 5.41) is 1.85. The Balaban J connectivity index is 1.59. The van der Waals surface area contributed by atoms with Crippen molar-refractivity contribution in [1.82, 2.24) is 8.97 Å². The molecule has 3 aromatic heterocycles. The van der Waals surface area contributed by atoms with Crippen molar-refractivity contribution in [2.24, 2.45) is 5.73 Å². The van der Waals surface area contributed by atoms with Gasteiger partial charge in [0.05, 0.1) is 12.7 Å². The van der Waals surface area contributed by atoms with Gasteiger partial charge in [0, 0.05) is 11.1 Å². The topological polar surface area (TPSA) is 95.8 Å². The maximum absolute atomic E-state index is 15.2. The van der Waals surface area contributed by atoms with Gasteiger partial charge in [0.15, 0.2) is 11.3 Å². The number of rotatable bonds is 8. The number of aromatic nitrogens is 2. The fourth-order valence-corrected chi connectivity index (χ4v) is 4.88. The van der Waals surface area contributed by atoms with E-state index in [4.69, 9.17) is 10.5 Å². The predicted octanol–water partition coefficient (Wildman–Crippen LogP) is 3.98. The zero-order valence-electron chi connectivity index (χ0n) is 19.6. The Morgan fingerprint density at radius 3 is 2.38 bits per heavy atom. The van der Waals surface area contributed by atoms with Crippen LogP contribution < -0.4 is 21.5 Å². The average Bonchev–Trinajstić information content (AvgIpc) is 3.40. The lowest BCUT2D eigenvalue weighted by molar-refractivity contribution is 0.0998. The summed E-state index contributed by atoms with van der Waals surface area (Å²) < 4.78 is 23.1. The molecule has 7 nitrogen and oxygen atoms in total. The van der Waals surface area contributed by atoms with Gasteiger partial charge in [-0.3, -0.25) is 18.8 Å². The Kier molecular flexibility index (Phi) is 6.70. The quantitative estimate of drug-likeness (QED) is 0.338. The molecule has 0 saturated heterocycles. The van der Waals surface area contributed by atoms with Crippen LogP contribution in [0.2, 0.25) is 0 Å². The third-order valence-electron chi connectivity index (χ3n) is 6.02. The van der Waals surface area contributed by atoms with Gasteiger partial charge in [-0.1, -0.05) is 60.7 Å². The Morgan fingerprint density at radius 1 is 0.946 bits per heavy atom. The molecule has 2 N–H and O–H groups in total. The summed E-state index contributed by atoms with van der Waals surface area (Å²) in [4.78, 5) is 39.4. The molecule has 0 fully saturated rings. The number of pyridine rings is 1. The van der Waals surface area contributed by atoms with Gasteiger partial charge in [-0.15, -0.1) is 11.3 Å². The largest absolute Gasteiger partial charge is 0.483 e. The number of amides is 1. The number of thiophene rings is 1. The Bertz CT molecular complexity index is 1710. The summed E-state index contributed by atoms with van der Waals surface area (Å²) in [6.07, 6.45) is 2.61. The molecule has 5 rings (SSSR count). The van der Waals surface area contributed by atoms with Crippen LogP contribution in [-0.2, 0) is 19.6 Å². The molecule has 37 heavy (non-hydrogen) atoms. The number of primary amides is 1. The van der Waals surface area contributed by atoms with Crippen LogP contribution in [0.25, 0.3) is 5.52 Å². The molecule has 2 aromatic carbocycles. The highest BCUT2D eigenvalue weighted by Crippen LogP contribution is 2.20. The van der Waals surface area contributed by atoms with Crippen LogP contribution in [0.1, 0.15) is 31.9 Å². The van der Waals surface area contributed by atoms with Gasteiger partial charge in [0.1, 0.15) is 12.2 Å². The molecule has 186 valence electrons. The molecular formula is C28H22FN3O4S. The minimum Gasteiger partial charge on any atom is -0.483 e. The highest BCUT2D eigenvalue weighted by molar-refractivity contribution is 7.09. The van der Waals surface area contributed by atoms with E-state index in [1.807, 2.05) is 72.1 Å². The van der Waals surface area contributed by atoms with E-state index in [1.54, 1.807) is 0 Å². The van der Waals surface area contributed by atoms with E-state index < -0.39 is 34.2 Å². The van der Waals surface area contributed by atoms with E-state index >= 15 is 4.39 Å². The Labute approximate surface area is 214 Å². The molecule has 0 aliphatic heterocycles. The standard InChI is InChI=1S/C28H22FN3O4S/c29-23-16-31(14-21-11-6-12-37-21)28(35)24-26(25(33)22(27(30)34)15-32(23)24)36-17-20-10-5-4-9-19(20)13-18-7-2-1-3-8-18/h1-12,15-16H,13-14,17H2,(H2,30,34). The van der Waals surface area contributed by atoms with Crippen LogP contribution in [0.3, 0.4) is 0 Å². The molecule has 0 spiro atoms. The number of nitrogens with two attached hydrogens (primary N) is 1. The fraction of sp³-hybridized carbons (Fsp3) is 0.107. The molecule has 0 aliphatic rings. The Morgan fingerprint density at radius 2 is 1.68 bits per heavy atom. The first kappa shape index (κ1) is 24.2. The maximum atomic E-state index is 15.2. The molecule has 0 aliphatic carbocycles. The normalized spacial score (nSPS) is 11.1. The average molecular weight is 516 g/mol. The highest BCUT2D eigenvalue weighted by Gasteiger charge is 2.22. The van der Waals surface area contributed by atoms with E-state index in [2.05, 4.69) is 0 Å². The molecular weight excluding hydrogens is 493 g/mol. The number of fused-ring (bicyclic) bond motifs is 1. The lowest BCUT2D eigenvalue weighted by atomic mass is 10.0. The maximum Gasteiger partial charge on any atom is 0.279 e. The first-order valence-corrected chi connectivity index (χ1v) is 12.3. The predicted molar refractivity (Wildman–Crippen MR) is 140 cm³/mol. The van der Waals surface area contributed by atoms with Crippen molar-refractivity contribution in [3.63, 3.8) is 0 Å². The highest BCUT2D eigenvalue weighted by atomic mass is 32.1. The van der Waals surface area contributed by atoms with Crippen LogP contribution in [0, 0.1) is 5.95 Å². The second kappa shape index (κ2) is 10.2. The lowest BCUT2D eigenvalue weighted by Gasteiger charge is -2.15.